The summed E-state index contributed by atoms with van der Waals surface area (Å²) < 4.78 is 0. The van der Waals surface area contributed by atoms with E-state index in [9.17, 15) is 4.79 Å². The molecule has 0 bridgehead atoms. The molecule has 1 heterocycles. The van der Waals surface area contributed by atoms with Crippen LogP contribution in [0.5, 0.6) is 0 Å². The lowest BCUT2D eigenvalue weighted by Crippen LogP contribution is -2.53. The summed E-state index contributed by atoms with van der Waals surface area (Å²) in [7, 11) is 2.10. The summed E-state index contributed by atoms with van der Waals surface area (Å²) in [5, 5.41) is 0. The standard InChI is InChI=1S/C10H20N2O/c1-8(2)10(13)12-6-5-11(4)7-9(12)3/h8-9H,5-7H2,1-4H3. The number of hydrogen-bond donors (Lipinski definition) is 0. The first kappa shape index (κ1) is 10.5. The Labute approximate surface area is 80.7 Å². The molecule has 0 aromatic carbocycles. The van der Waals surface area contributed by atoms with Crippen LogP contribution in [0.2, 0.25) is 0 Å². The number of piperazine rings is 1. The van der Waals surface area contributed by atoms with Crippen molar-refractivity contribution in [1.82, 2.24) is 9.80 Å². The zero-order chi connectivity index (χ0) is 10.0. The number of amides is 1. The van der Waals surface area contributed by atoms with Crippen LogP contribution in [0.1, 0.15) is 20.8 Å². The lowest BCUT2D eigenvalue weighted by atomic mass is 10.1. The molecule has 3 nitrogen and oxygen atoms in total. The van der Waals surface area contributed by atoms with Gasteiger partial charge < -0.3 is 9.80 Å². The second kappa shape index (κ2) is 4.09. The average molecular weight is 184 g/mol. The maximum atomic E-state index is 11.7. The van der Waals surface area contributed by atoms with Crippen LogP contribution in [-0.2, 0) is 4.79 Å². The highest BCUT2D eigenvalue weighted by atomic mass is 16.2. The first-order valence-corrected chi connectivity index (χ1v) is 5.01. The molecule has 76 valence electrons. The quantitative estimate of drug-likeness (QED) is 0.602. The first-order chi connectivity index (χ1) is 6.02. The molecule has 0 aromatic heterocycles. The van der Waals surface area contributed by atoms with E-state index in [1.165, 1.54) is 0 Å². The molecule has 0 spiro atoms. The molecule has 1 aliphatic rings. The van der Waals surface area contributed by atoms with Crippen molar-refractivity contribution in [2.45, 2.75) is 26.8 Å². The van der Waals surface area contributed by atoms with Crippen LogP contribution in [0, 0.1) is 5.92 Å². The van der Waals surface area contributed by atoms with Crippen molar-refractivity contribution in [1.29, 1.82) is 0 Å². The number of rotatable bonds is 1. The Morgan fingerprint density at radius 2 is 2.00 bits per heavy atom. The predicted octanol–water partition coefficient (Wildman–Crippen LogP) is 0.805. The highest BCUT2D eigenvalue weighted by Gasteiger charge is 2.26. The van der Waals surface area contributed by atoms with Crippen LogP contribution >= 0.6 is 0 Å². The Morgan fingerprint density at radius 3 is 2.46 bits per heavy atom. The van der Waals surface area contributed by atoms with Gasteiger partial charge >= 0.3 is 0 Å². The van der Waals surface area contributed by atoms with Crippen molar-refractivity contribution in [3.05, 3.63) is 0 Å². The Morgan fingerprint density at radius 1 is 1.38 bits per heavy atom. The van der Waals surface area contributed by atoms with Gasteiger partial charge in [-0.05, 0) is 14.0 Å². The highest BCUT2D eigenvalue weighted by molar-refractivity contribution is 5.78. The minimum Gasteiger partial charge on any atom is -0.337 e. The molecule has 1 rings (SSSR count). The first-order valence-electron chi connectivity index (χ1n) is 5.01. The molecule has 13 heavy (non-hydrogen) atoms. The van der Waals surface area contributed by atoms with Gasteiger partial charge in [0.25, 0.3) is 0 Å². The number of hydrogen-bond acceptors (Lipinski definition) is 2. The van der Waals surface area contributed by atoms with E-state index >= 15 is 0 Å². The zero-order valence-corrected chi connectivity index (χ0v) is 9.08. The van der Waals surface area contributed by atoms with E-state index in [2.05, 4.69) is 18.9 Å². The van der Waals surface area contributed by atoms with Gasteiger partial charge in [0.1, 0.15) is 0 Å². The van der Waals surface area contributed by atoms with Crippen molar-refractivity contribution in [2.24, 2.45) is 5.92 Å². The van der Waals surface area contributed by atoms with Gasteiger partial charge in [0.2, 0.25) is 5.91 Å². The smallest absolute Gasteiger partial charge is 0.225 e. The van der Waals surface area contributed by atoms with Crippen molar-refractivity contribution >= 4 is 5.91 Å². The van der Waals surface area contributed by atoms with Gasteiger partial charge in [-0.15, -0.1) is 0 Å². The topological polar surface area (TPSA) is 23.6 Å². The third-order valence-electron chi connectivity index (χ3n) is 2.61. The fourth-order valence-corrected chi connectivity index (χ4v) is 1.80. The summed E-state index contributed by atoms with van der Waals surface area (Å²) in [6.07, 6.45) is 0. The predicted molar refractivity (Wildman–Crippen MR) is 53.5 cm³/mol. The van der Waals surface area contributed by atoms with Gasteiger partial charge in [-0.25, -0.2) is 0 Å². The van der Waals surface area contributed by atoms with Crippen LogP contribution < -0.4 is 0 Å². The Kier molecular flexibility index (Phi) is 3.31. The Balaban J connectivity index is 2.56. The highest BCUT2D eigenvalue weighted by Crippen LogP contribution is 2.11. The van der Waals surface area contributed by atoms with E-state index in [0.717, 1.165) is 19.6 Å². The van der Waals surface area contributed by atoms with Crippen LogP contribution in [0.25, 0.3) is 0 Å². The van der Waals surface area contributed by atoms with Gasteiger partial charge in [0, 0.05) is 31.6 Å². The molecule has 1 amide bonds. The molecule has 0 saturated carbocycles. The third-order valence-corrected chi connectivity index (χ3v) is 2.61. The SMILES string of the molecule is CC(C)C(=O)N1CCN(C)CC1C. The van der Waals surface area contributed by atoms with E-state index in [-0.39, 0.29) is 5.92 Å². The van der Waals surface area contributed by atoms with E-state index < -0.39 is 0 Å². The molecule has 0 aliphatic carbocycles. The Hall–Kier alpha value is -0.570. The summed E-state index contributed by atoms with van der Waals surface area (Å²) in [4.78, 5) is 16.0. The summed E-state index contributed by atoms with van der Waals surface area (Å²) in [6.45, 7) is 8.94. The molecule has 1 saturated heterocycles. The minimum absolute atomic E-state index is 0.130. The van der Waals surface area contributed by atoms with Gasteiger partial charge in [-0.2, -0.15) is 0 Å². The summed E-state index contributed by atoms with van der Waals surface area (Å²) in [5.41, 5.74) is 0. The van der Waals surface area contributed by atoms with E-state index in [0.29, 0.717) is 11.9 Å². The van der Waals surface area contributed by atoms with Crippen LogP contribution in [0.15, 0.2) is 0 Å². The molecular formula is C10H20N2O. The maximum Gasteiger partial charge on any atom is 0.225 e. The fraction of sp³-hybridized carbons (Fsp3) is 0.900. The van der Waals surface area contributed by atoms with Gasteiger partial charge in [-0.3, -0.25) is 4.79 Å². The molecule has 0 N–H and O–H groups in total. The van der Waals surface area contributed by atoms with Crippen molar-refractivity contribution in [3.63, 3.8) is 0 Å². The number of carbonyl (C=O) groups is 1. The molecule has 3 heteroatoms. The molecule has 1 atom stereocenters. The lowest BCUT2D eigenvalue weighted by molar-refractivity contribution is -0.138. The van der Waals surface area contributed by atoms with Crippen molar-refractivity contribution in [3.8, 4) is 0 Å². The zero-order valence-electron chi connectivity index (χ0n) is 9.08. The van der Waals surface area contributed by atoms with Gasteiger partial charge in [0.15, 0.2) is 0 Å². The summed E-state index contributed by atoms with van der Waals surface area (Å²) in [6, 6.07) is 0.369. The molecule has 0 radical (unpaired) electrons. The molecule has 1 unspecified atom stereocenters. The lowest BCUT2D eigenvalue weighted by Gasteiger charge is -2.39. The van der Waals surface area contributed by atoms with Crippen LogP contribution in [0.3, 0.4) is 0 Å². The third kappa shape index (κ3) is 2.44. The van der Waals surface area contributed by atoms with Crippen LogP contribution in [0.4, 0.5) is 0 Å². The molecule has 1 aliphatic heterocycles. The van der Waals surface area contributed by atoms with E-state index in [1.54, 1.807) is 0 Å². The second-order valence-electron chi connectivity index (χ2n) is 4.30. The summed E-state index contributed by atoms with van der Waals surface area (Å²) >= 11 is 0. The van der Waals surface area contributed by atoms with Gasteiger partial charge in [0.05, 0.1) is 0 Å². The maximum absolute atomic E-state index is 11.7. The largest absolute Gasteiger partial charge is 0.337 e. The van der Waals surface area contributed by atoms with Crippen molar-refractivity contribution in [2.75, 3.05) is 26.7 Å². The Bertz CT molecular complexity index is 191. The second-order valence-corrected chi connectivity index (χ2v) is 4.30. The normalized spacial score (nSPS) is 25.3. The molecule has 1 fully saturated rings. The minimum atomic E-state index is 0.130. The van der Waals surface area contributed by atoms with E-state index in [4.69, 9.17) is 0 Å². The monoisotopic (exact) mass is 184 g/mol. The summed E-state index contributed by atoms with van der Waals surface area (Å²) in [5.74, 6) is 0.423. The van der Waals surface area contributed by atoms with Crippen molar-refractivity contribution < 1.29 is 4.79 Å². The fourth-order valence-electron chi connectivity index (χ4n) is 1.80. The molecule has 0 aromatic rings. The number of carbonyl (C=O) groups excluding carboxylic acids is 1. The van der Waals surface area contributed by atoms with E-state index in [1.807, 2.05) is 18.7 Å². The van der Waals surface area contributed by atoms with Crippen LogP contribution in [-0.4, -0.2) is 48.4 Å². The number of likely N-dealkylation sites (N-methyl/N-ethyl adjacent to an activating group) is 1. The number of nitrogens with zero attached hydrogens (tertiary/aromatic N) is 2. The molecular weight excluding hydrogens is 164 g/mol. The van der Waals surface area contributed by atoms with Gasteiger partial charge in [-0.1, -0.05) is 13.8 Å². The average Bonchev–Trinajstić information content (AvgIpc) is 2.03.